The average Bonchev–Trinajstić information content (AvgIpc) is 3.06. The number of aromatic nitrogens is 3. The number of nitrogens with one attached hydrogen (secondary N) is 1. The summed E-state index contributed by atoms with van der Waals surface area (Å²) in [6.45, 7) is 1.16. The van der Waals surface area contributed by atoms with Crippen LogP contribution in [0.25, 0.3) is 21.9 Å². The highest BCUT2D eigenvalue weighted by Crippen LogP contribution is 2.32. The average molecular weight is 409 g/mol. The normalized spacial score (nSPS) is 16.6. The maximum Gasteiger partial charge on any atom is 0.432 e. The molecule has 0 bridgehead atoms. The van der Waals surface area contributed by atoms with Gasteiger partial charge < -0.3 is 20.4 Å². The lowest BCUT2D eigenvalue weighted by atomic mass is 10.1. The van der Waals surface area contributed by atoms with Crippen molar-refractivity contribution >= 4 is 21.9 Å². The van der Waals surface area contributed by atoms with Crippen LogP contribution in [0.3, 0.4) is 0 Å². The predicted molar refractivity (Wildman–Crippen MR) is 99.2 cm³/mol. The molecule has 10 heteroatoms. The molecule has 0 saturated carbocycles. The van der Waals surface area contributed by atoms with Gasteiger partial charge in [0.1, 0.15) is 22.9 Å². The first-order valence-corrected chi connectivity index (χ1v) is 9.13. The molecule has 6 nitrogen and oxygen atoms in total. The Morgan fingerprint density at radius 3 is 2.76 bits per heavy atom. The van der Waals surface area contributed by atoms with Crippen LogP contribution in [0, 0.1) is 5.82 Å². The Kier molecular flexibility index (Phi) is 5.03. The second-order valence-corrected chi connectivity index (χ2v) is 6.87. The smallest absolute Gasteiger partial charge is 0.394 e. The zero-order valence-corrected chi connectivity index (χ0v) is 15.3. The molecule has 29 heavy (non-hydrogen) atoms. The van der Waals surface area contributed by atoms with Gasteiger partial charge in [0.15, 0.2) is 0 Å². The van der Waals surface area contributed by atoms with Gasteiger partial charge in [0, 0.05) is 30.8 Å². The van der Waals surface area contributed by atoms with Crippen LogP contribution in [0.1, 0.15) is 24.7 Å². The van der Waals surface area contributed by atoms with E-state index < -0.39 is 17.7 Å². The molecule has 0 atom stereocenters. The summed E-state index contributed by atoms with van der Waals surface area (Å²) in [5, 5.41) is 3.20. The van der Waals surface area contributed by atoms with Crippen LogP contribution < -0.4 is 11.1 Å². The van der Waals surface area contributed by atoms with Gasteiger partial charge in [0.25, 0.3) is 0 Å². The quantitative estimate of drug-likeness (QED) is 0.645. The van der Waals surface area contributed by atoms with Gasteiger partial charge in [-0.3, -0.25) is 4.98 Å². The molecule has 1 aromatic carbocycles. The summed E-state index contributed by atoms with van der Waals surface area (Å²) in [6, 6.07) is 4.36. The molecule has 0 spiro atoms. The molecule has 154 valence electrons. The van der Waals surface area contributed by atoms with Crippen molar-refractivity contribution in [3.05, 3.63) is 47.9 Å². The van der Waals surface area contributed by atoms with E-state index in [9.17, 15) is 17.6 Å². The van der Waals surface area contributed by atoms with Crippen molar-refractivity contribution in [1.82, 2.24) is 19.9 Å². The highest BCUT2D eigenvalue weighted by atomic mass is 19.4. The van der Waals surface area contributed by atoms with Crippen LogP contribution in [0.15, 0.2) is 36.3 Å². The Labute approximate surface area is 163 Å². The zero-order chi connectivity index (χ0) is 20.6. The summed E-state index contributed by atoms with van der Waals surface area (Å²) in [5.74, 6) is 0.128. The summed E-state index contributed by atoms with van der Waals surface area (Å²) in [5.41, 5.74) is 5.71. The Bertz CT molecular complexity index is 1070. The van der Waals surface area contributed by atoms with E-state index in [1.807, 2.05) is 4.57 Å². The second-order valence-electron chi connectivity index (χ2n) is 6.87. The molecule has 0 unspecified atom stereocenters. The van der Waals surface area contributed by atoms with Crippen molar-refractivity contribution in [2.24, 2.45) is 5.73 Å². The van der Waals surface area contributed by atoms with E-state index in [0.717, 1.165) is 19.0 Å². The van der Waals surface area contributed by atoms with Crippen molar-refractivity contribution in [3.63, 3.8) is 0 Å². The van der Waals surface area contributed by atoms with Crippen LogP contribution in [0.5, 0.6) is 0 Å². The standard InChI is InChI=1S/C19H19F4N5O/c20-11-1-2-14-13(7-11)18-15(8-26-14)27-17(10-25-9-16(24)19(21,22)23)28(18)12-3-5-29-6-4-12/h1-2,7-9,12,25H,3-6,10,24H2/b16-9-. The van der Waals surface area contributed by atoms with Crippen LogP contribution in [0.4, 0.5) is 17.6 Å². The number of nitrogens with two attached hydrogens (primary N) is 1. The molecule has 2 aromatic heterocycles. The van der Waals surface area contributed by atoms with Gasteiger partial charge in [0.05, 0.1) is 23.8 Å². The van der Waals surface area contributed by atoms with E-state index in [-0.39, 0.29) is 12.6 Å². The number of rotatable bonds is 4. The maximum absolute atomic E-state index is 13.9. The third kappa shape index (κ3) is 3.84. The highest BCUT2D eigenvalue weighted by Gasteiger charge is 2.31. The van der Waals surface area contributed by atoms with Gasteiger partial charge in [-0.05, 0) is 31.0 Å². The first-order valence-electron chi connectivity index (χ1n) is 9.13. The maximum atomic E-state index is 13.9. The van der Waals surface area contributed by atoms with E-state index in [0.29, 0.717) is 41.0 Å². The SMILES string of the molecule is N/C(=C\NCc1nc2cnc3ccc(F)cc3c2n1C1CCOCC1)C(F)(F)F. The number of allylic oxidation sites excluding steroid dienone is 1. The summed E-state index contributed by atoms with van der Waals surface area (Å²) in [7, 11) is 0. The van der Waals surface area contributed by atoms with Crippen LogP contribution in [-0.4, -0.2) is 33.9 Å². The van der Waals surface area contributed by atoms with Crippen molar-refractivity contribution in [1.29, 1.82) is 0 Å². The number of halogens is 4. The zero-order valence-electron chi connectivity index (χ0n) is 15.3. The fourth-order valence-corrected chi connectivity index (χ4v) is 3.59. The Balaban J connectivity index is 1.81. The molecule has 0 amide bonds. The monoisotopic (exact) mass is 409 g/mol. The van der Waals surface area contributed by atoms with Crippen LogP contribution >= 0.6 is 0 Å². The molecule has 3 heterocycles. The fourth-order valence-electron chi connectivity index (χ4n) is 3.59. The minimum absolute atomic E-state index is 0.0274. The summed E-state index contributed by atoms with van der Waals surface area (Å²) in [4.78, 5) is 8.87. The lowest BCUT2D eigenvalue weighted by molar-refractivity contribution is -0.0930. The number of benzene rings is 1. The summed E-state index contributed by atoms with van der Waals surface area (Å²) < 4.78 is 59.2. The lowest BCUT2D eigenvalue weighted by Gasteiger charge is -2.26. The number of ether oxygens (including phenoxy) is 1. The van der Waals surface area contributed by atoms with Crippen LogP contribution in [-0.2, 0) is 11.3 Å². The van der Waals surface area contributed by atoms with Crippen molar-refractivity contribution < 1.29 is 22.3 Å². The van der Waals surface area contributed by atoms with Crippen molar-refractivity contribution in [2.75, 3.05) is 13.2 Å². The van der Waals surface area contributed by atoms with Gasteiger partial charge in [-0.25, -0.2) is 9.37 Å². The minimum atomic E-state index is -4.61. The molecule has 1 saturated heterocycles. The Hall–Kier alpha value is -2.88. The molecule has 0 radical (unpaired) electrons. The first-order chi connectivity index (χ1) is 13.8. The molecule has 3 N–H and O–H groups in total. The highest BCUT2D eigenvalue weighted by molar-refractivity contribution is 6.02. The minimum Gasteiger partial charge on any atom is -0.394 e. The lowest BCUT2D eigenvalue weighted by Crippen LogP contribution is -2.25. The van der Waals surface area contributed by atoms with Gasteiger partial charge >= 0.3 is 6.18 Å². The first kappa shape index (κ1) is 19.4. The largest absolute Gasteiger partial charge is 0.432 e. The molecule has 1 fully saturated rings. The van der Waals surface area contributed by atoms with Gasteiger partial charge in [-0.1, -0.05) is 0 Å². The summed E-state index contributed by atoms with van der Waals surface area (Å²) in [6.07, 6.45) is -0.847. The fraction of sp³-hybridized carbons (Fsp3) is 0.368. The number of fused-ring (bicyclic) bond motifs is 3. The topological polar surface area (TPSA) is 78.0 Å². The Morgan fingerprint density at radius 1 is 1.28 bits per heavy atom. The molecule has 0 aliphatic carbocycles. The van der Waals surface area contributed by atoms with Crippen LogP contribution in [0.2, 0.25) is 0 Å². The molecule has 4 rings (SSSR count). The molecule has 3 aromatic rings. The van der Waals surface area contributed by atoms with E-state index in [1.165, 1.54) is 12.1 Å². The van der Waals surface area contributed by atoms with Gasteiger partial charge in [0.2, 0.25) is 0 Å². The van der Waals surface area contributed by atoms with Crippen molar-refractivity contribution in [2.45, 2.75) is 31.6 Å². The number of alkyl halides is 3. The molecule has 1 aliphatic heterocycles. The summed E-state index contributed by atoms with van der Waals surface area (Å²) >= 11 is 0. The van der Waals surface area contributed by atoms with E-state index in [1.54, 1.807) is 12.3 Å². The van der Waals surface area contributed by atoms with Crippen molar-refractivity contribution in [3.8, 4) is 0 Å². The number of hydrogen-bond donors (Lipinski definition) is 2. The van der Waals surface area contributed by atoms with Gasteiger partial charge in [-0.15, -0.1) is 0 Å². The molecule has 1 aliphatic rings. The second kappa shape index (κ2) is 7.51. The number of pyridine rings is 1. The molecular formula is C19H19F4N5O. The third-order valence-electron chi connectivity index (χ3n) is 4.95. The van der Waals surface area contributed by atoms with E-state index in [2.05, 4.69) is 15.3 Å². The van der Waals surface area contributed by atoms with Gasteiger partial charge in [-0.2, -0.15) is 13.2 Å². The predicted octanol–water partition coefficient (Wildman–Crippen LogP) is 3.53. The number of nitrogens with zero attached hydrogens (tertiary/aromatic N) is 3. The number of hydrogen-bond acceptors (Lipinski definition) is 5. The number of imidazole rings is 1. The van der Waals surface area contributed by atoms with E-state index in [4.69, 9.17) is 10.5 Å². The molecular weight excluding hydrogens is 390 g/mol. The Morgan fingerprint density at radius 2 is 2.03 bits per heavy atom. The third-order valence-corrected chi connectivity index (χ3v) is 4.95. The van der Waals surface area contributed by atoms with E-state index >= 15 is 0 Å².